The molecule has 0 amide bonds. The molecule has 20 heavy (non-hydrogen) atoms. The number of nitrogens with zero attached hydrogens (tertiary/aromatic N) is 2. The van der Waals surface area contributed by atoms with Crippen LogP contribution in [0.5, 0.6) is 0 Å². The van der Waals surface area contributed by atoms with Crippen molar-refractivity contribution in [2.75, 3.05) is 13.6 Å². The summed E-state index contributed by atoms with van der Waals surface area (Å²) in [6.45, 7) is 3.13. The molecule has 108 valence electrons. The highest BCUT2D eigenvalue weighted by Gasteiger charge is 2.26. The normalized spacial score (nSPS) is 12.9. The van der Waals surface area contributed by atoms with Crippen molar-refractivity contribution >= 4 is 16.0 Å². The summed E-state index contributed by atoms with van der Waals surface area (Å²) in [6.07, 6.45) is 0. The van der Waals surface area contributed by atoms with Crippen molar-refractivity contribution in [1.29, 1.82) is 5.26 Å². The molecule has 1 aromatic rings. The highest BCUT2D eigenvalue weighted by molar-refractivity contribution is 7.89. The maximum atomic E-state index is 12.4. The largest absolute Gasteiger partial charge is 0.478 e. The number of aromatic carboxylic acids is 1. The first-order valence-corrected chi connectivity index (χ1v) is 7.34. The Morgan fingerprint density at radius 1 is 1.50 bits per heavy atom. The van der Waals surface area contributed by atoms with Crippen LogP contribution in [0, 0.1) is 24.2 Å². The lowest BCUT2D eigenvalue weighted by atomic mass is 10.1. The van der Waals surface area contributed by atoms with Gasteiger partial charge in [0, 0.05) is 13.6 Å². The van der Waals surface area contributed by atoms with Crippen molar-refractivity contribution < 1.29 is 18.3 Å². The summed E-state index contributed by atoms with van der Waals surface area (Å²) in [5, 5.41) is 17.8. The second-order valence-corrected chi connectivity index (χ2v) is 6.56. The van der Waals surface area contributed by atoms with Crippen LogP contribution in [0.4, 0.5) is 0 Å². The Kier molecular flexibility index (Phi) is 4.87. The molecule has 0 bridgehead atoms. The molecule has 0 aliphatic carbocycles. The number of carboxylic acids is 1. The Labute approximate surface area is 118 Å². The molecule has 1 aromatic carbocycles. The van der Waals surface area contributed by atoms with Gasteiger partial charge in [-0.3, -0.25) is 0 Å². The molecule has 0 saturated heterocycles. The van der Waals surface area contributed by atoms with E-state index in [9.17, 15) is 13.2 Å². The predicted molar refractivity (Wildman–Crippen MR) is 72.7 cm³/mol. The van der Waals surface area contributed by atoms with Gasteiger partial charge < -0.3 is 5.11 Å². The Bertz CT molecular complexity index is 661. The minimum absolute atomic E-state index is 0.0483. The van der Waals surface area contributed by atoms with Crippen LogP contribution in [-0.2, 0) is 10.0 Å². The summed E-state index contributed by atoms with van der Waals surface area (Å²) < 4.78 is 25.9. The maximum absolute atomic E-state index is 12.4. The molecule has 7 heteroatoms. The third kappa shape index (κ3) is 3.15. The van der Waals surface area contributed by atoms with Gasteiger partial charge in [0.05, 0.1) is 22.4 Å². The van der Waals surface area contributed by atoms with Crippen LogP contribution in [0.2, 0.25) is 0 Å². The van der Waals surface area contributed by atoms with E-state index >= 15 is 0 Å². The number of sulfonamides is 1. The van der Waals surface area contributed by atoms with Crippen LogP contribution in [0.1, 0.15) is 22.8 Å². The van der Waals surface area contributed by atoms with Crippen molar-refractivity contribution in [2.24, 2.45) is 5.92 Å². The summed E-state index contributed by atoms with van der Waals surface area (Å²) in [4.78, 5) is 11.0. The van der Waals surface area contributed by atoms with E-state index in [2.05, 4.69) is 0 Å². The number of hydrogen-bond donors (Lipinski definition) is 1. The molecule has 0 spiro atoms. The van der Waals surface area contributed by atoms with Gasteiger partial charge >= 0.3 is 5.97 Å². The first-order chi connectivity index (χ1) is 9.21. The van der Waals surface area contributed by atoms with E-state index in [4.69, 9.17) is 10.4 Å². The lowest BCUT2D eigenvalue weighted by Crippen LogP contribution is -2.31. The number of carbonyl (C=O) groups is 1. The van der Waals surface area contributed by atoms with E-state index in [1.165, 1.54) is 32.2 Å². The molecule has 0 aliphatic rings. The molecule has 1 rings (SSSR count). The quantitative estimate of drug-likeness (QED) is 0.887. The van der Waals surface area contributed by atoms with Crippen molar-refractivity contribution in [1.82, 2.24) is 4.31 Å². The molecule has 1 unspecified atom stereocenters. The fourth-order valence-electron chi connectivity index (χ4n) is 1.82. The lowest BCUT2D eigenvalue weighted by Gasteiger charge is -2.19. The number of rotatable bonds is 5. The van der Waals surface area contributed by atoms with Gasteiger partial charge in [-0.05, 0) is 31.5 Å². The first-order valence-electron chi connectivity index (χ1n) is 5.90. The third-order valence-corrected chi connectivity index (χ3v) is 4.92. The van der Waals surface area contributed by atoms with Gasteiger partial charge in [0.2, 0.25) is 10.0 Å². The number of nitriles is 1. The van der Waals surface area contributed by atoms with Crippen LogP contribution >= 0.6 is 0 Å². The summed E-state index contributed by atoms with van der Waals surface area (Å²) in [6, 6.07) is 6.08. The second kappa shape index (κ2) is 6.03. The third-order valence-electron chi connectivity index (χ3n) is 2.95. The molecule has 0 aromatic heterocycles. The minimum atomic E-state index is -3.81. The molecular formula is C13H16N2O4S. The molecule has 0 fully saturated rings. The number of hydrogen-bond acceptors (Lipinski definition) is 4. The highest BCUT2D eigenvalue weighted by Crippen LogP contribution is 2.22. The average molecular weight is 296 g/mol. The van der Waals surface area contributed by atoms with Gasteiger partial charge in [0.1, 0.15) is 0 Å². The summed E-state index contributed by atoms with van der Waals surface area (Å²) >= 11 is 0. The number of benzene rings is 1. The molecular weight excluding hydrogens is 280 g/mol. The molecule has 0 heterocycles. The first kappa shape index (κ1) is 16.1. The Balaban J connectivity index is 3.27. The molecule has 6 nitrogen and oxygen atoms in total. The number of carboxylic acid groups (broad SMARTS) is 1. The van der Waals surface area contributed by atoms with E-state index in [-0.39, 0.29) is 22.6 Å². The minimum Gasteiger partial charge on any atom is -0.478 e. The fraction of sp³-hybridized carbons (Fsp3) is 0.385. The zero-order chi connectivity index (χ0) is 15.5. The summed E-state index contributed by atoms with van der Waals surface area (Å²) in [5.41, 5.74) is 0.143. The van der Waals surface area contributed by atoms with Gasteiger partial charge in [-0.1, -0.05) is 6.07 Å². The van der Waals surface area contributed by atoms with Gasteiger partial charge in [0.25, 0.3) is 0 Å². The van der Waals surface area contributed by atoms with Crippen molar-refractivity contribution in [2.45, 2.75) is 18.7 Å². The maximum Gasteiger partial charge on any atom is 0.335 e. The van der Waals surface area contributed by atoms with Gasteiger partial charge in [-0.25, -0.2) is 13.2 Å². The monoisotopic (exact) mass is 296 g/mol. The van der Waals surface area contributed by atoms with Crippen molar-refractivity contribution in [3.05, 3.63) is 29.3 Å². The molecule has 0 radical (unpaired) electrons. The summed E-state index contributed by atoms with van der Waals surface area (Å²) in [5.74, 6) is -1.62. The van der Waals surface area contributed by atoms with E-state index in [1.807, 2.05) is 6.07 Å². The molecule has 1 atom stereocenters. The smallest absolute Gasteiger partial charge is 0.335 e. The van der Waals surface area contributed by atoms with Gasteiger partial charge in [0.15, 0.2) is 0 Å². The van der Waals surface area contributed by atoms with E-state index in [0.717, 1.165) is 4.31 Å². The zero-order valence-corrected chi connectivity index (χ0v) is 12.3. The van der Waals surface area contributed by atoms with Gasteiger partial charge in [-0.2, -0.15) is 9.57 Å². The second-order valence-electron chi connectivity index (χ2n) is 4.55. The van der Waals surface area contributed by atoms with E-state index < -0.39 is 21.9 Å². The summed E-state index contributed by atoms with van der Waals surface area (Å²) in [7, 11) is -2.44. The van der Waals surface area contributed by atoms with Crippen LogP contribution in [0.25, 0.3) is 0 Å². The average Bonchev–Trinajstić information content (AvgIpc) is 2.37. The Morgan fingerprint density at radius 2 is 2.10 bits per heavy atom. The van der Waals surface area contributed by atoms with Crippen LogP contribution in [0.15, 0.2) is 23.1 Å². The lowest BCUT2D eigenvalue weighted by molar-refractivity contribution is 0.0696. The van der Waals surface area contributed by atoms with Crippen molar-refractivity contribution in [3.8, 4) is 6.07 Å². The van der Waals surface area contributed by atoms with E-state index in [0.29, 0.717) is 0 Å². The molecule has 0 aliphatic heterocycles. The Hall–Kier alpha value is -1.91. The van der Waals surface area contributed by atoms with Crippen molar-refractivity contribution in [3.63, 3.8) is 0 Å². The zero-order valence-electron chi connectivity index (χ0n) is 11.5. The van der Waals surface area contributed by atoms with E-state index in [1.54, 1.807) is 6.92 Å². The predicted octanol–water partition coefficient (Wildman–Crippen LogP) is 1.47. The van der Waals surface area contributed by atoms with Crippen LogP contribution in [0.3, 0.4) is 0 Å². The Morgan fingerprint density at radius 3 is 2.60 bits per heavy atom. The molecule has 1 N–H and O–H groups in total. The standard InChI is InChI=1S/C13H16N2O4S/c1-9(7-14)8-15(3)20(18,19)12-6-4-5-11(10(12)2)13(16)17/h4-6,9H,8H2,1-3H3,(H,16,17). The fourth-order valence-corrected chi connectivity index (χ4v) is 3.32. The molecule has 0 saturated carbocycles. The van der Waals surface area contributed by atoms with Gasteiger partial charge in [-0.15, -0.1) is 0 Å². The topological polar surface area (TPSA) is 98.5 Å². The SMILES string of the molecule is Cc1c(C(=O)O)cccc1S(=O)(=O)N(C)CC(C)C#N. The van der Waals surface area contributed by atoms with Crippen LogP contribution in [-0.4, -0.2) is 37.4 Å². The van der Waals surface area contributed by atoms with Crippen LogP contribution < -0.4 is 0 Å². The highest BCUT2D eigenvalue weighted by atomic mass is 32.2.